The van der Waals surface area contributed by atoms with Crippen LogP contribution < -0.4 is 10.6 Å². The van der Waals surface area contributed by atoms with Gasteiger partial charge in [0.2, 0.25) is 5.91 Å². The molecule has 6 heteroatoms. The highest BCUT2D eigenvalue weighted by molar-refractivity contribution is 7.98. The SMILES string of the molecule is CSc1ccc(CN(C)C(=O)NCCC(=O)NC2CCCC2)cc1. The molecule has 0 radical (unpaired) electrons. The largest absolute Gasteiger partial charge is 0.353 e. The predicted octanol–water partition coefficient (Wildman–Crippen LogP) is 3.00. The Balaban J connectivity index is 1.66. The average Bonchev–Trinajstić information content (AvgIpc) is 3.08. The van der Waals surface area contributed by atoms with E-state index in [2.05, 4.69) is 22.8 Å². The van der Waals surface area contributed by atoms with Crippen molar-refractivity contribution in [2.75, 3.05) is 19.8 Å². The van der Waals surface area contributed by atoms with E-state index < -0.39 is 0 Å². The van der Waals surface area contributed by atoms with Crippen LogP contribution in [0.3, 0.4) is 0 Å². The molecule has 1 aromatic carbocycles. The van der Waals surface area contributed by atoms with Crippen LogP contribution in [-0.2, 0) is 11.3 Å². The molecule has 0 saturated heterocycles. The Morgan fingerprint density at radius 1 is 1.21 bits per heavy atom. The molecule has 0 spiro atoms. The van der Waals surface area contributed by atoms with Gasteiger partial charge in [0.05, 0.1) is 0 Å². The van der Waals surface area contributed by atoms with Crippen LogP contribution in [0.1, 0.15) is 37.7 Å². The Morgan fingerprint density at radius 2 is 1.88 bits per heavy atom. The highest BCUT2D eigenvalue weighted by atomic mass is 32.2. The molecule has 1 aliphatic rings. The smallest absolute Gasteiger partial charge is 0.317 e. The first-order valence-electron chi connectivity index (χ1n) is 8.49. The maximum Gasteiger partial charge on any atom is 0.317 e. The number of rotatable bonds is 7. The quantitative estimate of drug-likeness (QED) is 0.744. The van der Waals surface area contributed by atoms with E-state index in [4.69, 9.17) is 0 Å². The number of nitrogens with one attached hydrogen (secondary N) is 2. The molecule has 132 valence electrons. The summed E-state index contributed by atoms with van der Waals surface area (Å²) in [4.78, 5) is 26.7. The Morgan fingerprint density at radius 3 is 2.50 bits per heavy atom. The van der Waals surface area contributed by atoms with E-state index in [0.29, 0.717) is 25.6 Å². The fourth-order valence-corrected chi connectivity index (χ4v) is 3.27. The number of thioether (sulfide) groups is 1. The maximum atomic E-state index is 12.1. The monoisotopic (exact) mass is 349 g/mol. The molecule has 1 aromatic rings. The molecule has 1 saturated carbocycles. The Hall–Kier alpha value is -1.69. The predicted molar refractivity (Wildman–Crippen MR) is 98.1 cm³/mol. The van der Waals surface area contributed by atoms with E-state index in [9.17, 15) is 9.59 Å². The number of carbonyl (C=O) groups is 2. The molecule has 0 aliphatic heterocycles. The van der Waals surface area contributed by atoms with Crippen molar-refractivity contribution < 1.29 is 9.59 Å². The van der Waals surface area contributed by atoms with E-state index in [1.165, 1.54) is 17.7 Å². The summed E-state index contributed by atoms with van der Waals surface area (Å²) < 4.78 is 0. The summed E-state index contributed by atoms with van der Waals surface area (Å²) in [6, 6.07) is 8.35. The lowest BCUT2D eigenvalue weighted by Crippen LogP contribution is -2.40. The number of urea groups is 1. The summed E-state index contributed by atoms with van der Waals surface area (Å²) in [6.45, 7) is 0.919. The van der Waals surface area contributed by atoms with Crippen molar-refractivity contribution in [3.63, 3.8) is 0 Å². The van der Waals surface area contributed by atoms with Crippen molar-refractivity contribution in [2.24, 2.45) is 0 Å². The third-order valence-corrected chi connectivity index (χ3v) is 5.02. The van der Waals surface area contributed by atoms with Gasteiger partial charge in [0, 0.05) is 37.5 Å². The third-order valence-electron chi connectivity index (χ3n) is 4.27. The van der Waals surface area contributed by atoms with Gasteiger partial charge in [0.1, 0.15) is 0 Å². The highest BCUT2D eigenvalue weighted by Crippen LogP contribution is 2.17. The van der Waals surface area contributed by atoms with Crippen LogP contribution in [0.15, 0.2) is 29.2 Å². The second kappa shape index (κ2) is 9.57. The molecule has 0 bridgehead atoms. The topological polar surface area (TPSA) is 61.4 Å². The minimum Gasteiger partial charge on any atom is -0.353 e. The van der Waals surface area contributed by atoms with Gasteiger partial charge in [0.15, 0.2) is 0 Å². The maximum absolute atomic E-state index is 12.1. The van der Waals surface area contributed by atoms with Gasteiger partial charge >= 0.3 is 6.03 Å². The normalized spacial score (nSPS) is 14.4. The van der Waals surface area contributed by atoms with Gasteiger partial charge in [0.25, 0.3) is 0 Å². The molecule has 2 rings (SSSR count). The van der Waals surface area contributed by atoms with Crippen molar-refractivity contribution in [3.05, 3.63) is 29.8 Å². The number of hydrogen-bond donors (Lipinski definition) is 2. The van der Waals surface area contributed by atoms with Crippen molar-refractivity contribution >= 4 is 23.7 Å². The molecular formula is C18H27N3O2S. The van der Waals surface area contributed by atoms with Crippen LogP contribution in [0.25, 0.3) is 0 Å². The molecule has 0 unspecified atom stereocenters. The molecule has 0 aromatic heterocycles. The van der Waals surface area contributed by atoms with Gasteiger partial charge < -0.3 is 15.5 Å². The van der Waals surface area contributed by atoms with Crippen LogP contribution in [0.4, 0.5) is 4.79 Å². The van der Waals surface area contributed by atoms with E-state index in [0.717, 1.165) is 18.4 Å². The summed E-state index contributed by atoms with van der Waals surface area (Å²) in [5, 5.41) is 5.83. The fourth-order valence-electron chi connectivity index (χ4n) is 2.86. The fraction of sp³-hybridized carbons (Fsp3) is 0.556. The first-order chi connectivity index (χ1) is 11.6. The Labute approximate surface area is 148 Å². The summed E-state index contributed by atoms with van der Waals surface area (Å²) in [7, 11) is 1.76. The molecule has 3 amide bonds. The lowest BCUT2D eigenvalue weighted by atomic mass is 10.2. The summed E-state index contributed by atoms with van der Waals surface area (Å²) in [5.41, 5.74) is 1.09. The zero-order valence-electron chi connectivity index (χ0n) is 14.5. The summed E-state index contributed by atoms with van der Waals surface area (Å²) in [6.07, 6.45) is 6.93. The zero-order valence-corrected chi connectivity index (χ0v) is 15.3. The van der Waals surface area contributed by atoms with E-state index in [1.807, 2.05) is 18.4 Å². The molecule has 1 fully saturated rings. The zero-order chi connectivity index (χ0) is 17.4. The lowest BCUT2D eigenvalue weighted by Gasteiger charge is -2.18. The standard InChI is InChI=1S/C18H27N3O2S/c1-21(13-14-7-9-16(24-2)10-8-14)18(23)19-12-11-17(22)20-15-5-3-4-6-15/h7-10,15H,3-6,11-13H2,1-2H3,(H,19,23)(H,20,22). The van der Waals surface area contributed by atoms with Gasteiger partial charge in [-0.05, 0) is 36.8 Å². The van der Waals surface area contributed by atoms with Crippen LogP contribution in [0.5, 0.6) is 0 Å². The minimum absolute atomic E-state index is 0.0255. The van der Waals surface area contributed by atoms with E-state index in [-0.39, 0.29) is 11.9 Å². The minimum atomic E-state index is -0.155. The molecule has 24 heavy (non-hydrogen) atoms. The number of nitrogens with zero attached hydrogens (tertiary/aromatic N) is 1. The van der Waals surface area contributed by atoms with E-state index in [1.54, 1.807) is 23.7 Å². The Kier molecular flexibility index (Phi) is 7.43. The third kappa shape index (κ3) is 6.07. The van der Waals surface area contributed by atoms with Gasteiger partial charge in [-0.25, -0.2) is 4.79 Å². The van der Waals surface area contributed by atoms with Gasteiger partial charge in [-0.1, -0.05) is 25.0 Å². The summed E-state index contributed by atoms with van der Waals surface area (Å²) >= 11 is 1.70. The van der Waals surface area contributed by atoms with E-state index >= 15 is 0 Å². The first-order valence-corrected chi connectivity index (χ1v) is 9.72. The average molecular weight is 350 g/mol. The molecule has 5 nitrogen and oxygen atoms in total. The van der Waals surface area contributed by atoms with Crippen LogP contribution in [0, 0.1) is 0 Å². The number of benzene rings is 1. The molecule has 2 N–H and O–H groups in total. The molecule has 0 heterocycles. The van der Waals surface area contributed by atoms with Crippen LogP contribution >= 0.6 is 11.8 Å². The second-order valence-electron chi connectivity index (χ2n) is 6.23. The number of hydrogen-bond acceptors (Lipinski definition) is 3. The molecular weight excluding hydrogens is 322 g/mol. The second-order valence-corrected chi connectivity index (χ2v) is 7.11. The lowest BCUT2D eigenvalue weighted by molar-refractivity contribution is -0.121. The van der Waals surface area contributed by atoms with Gasteiger partial charge in [-0.3, -0.25) is 4.79 Å². The number of carbonyl (C=O) groups excluding carboxylic acids is 2. The van der Waals surface area contributed by atoms with Crippen molar-refractivity contribution in [1.29, 1.82) is 0 Å². The van der Waals surface area contributed by atoms with Crippen molar-refractivity contribution in [3.8, 4) is 0 Å². The molecule has 1 aliphatic carbocycles. The van der Waals surface area contributed by atoms with Crippen molar-refractivity contribution in [1.82, 2.24) is 15.5 Å². The first kappa shape index (κ1) is 18.6. The van der Waals surface area contributed by atoms with Crippen LogP contribution in [-0.4, -0.2) is 42.7 Å². The Bertz CT molecular complexity index is 542. The van der Waals surface area contributed by atoms with Crippen LogP contribution in [0.2, 0.25) is 0 Å². The summed E-state index contributed by atoms with van der Waals surface area (Å²) in [5.74, 6) is 0.0255. The highest BCUT2D eigenvalue weighted by Gasteiger charge is 2.17. The molecule has 0 atom stereocenters. The number of amides is 3. The van der Waals surface area contributed by atoms with Gasteiger partial charge in [-0.2, -0.15) is 0 Å². The van der Waals surface area contributed by atoms with Gasteiger partial charge in [-0.15, -0.1) is 11.8 Å². The van der Waals surface area contributed by atoms with Crippen molar-refractivity contribution in [2.45, 2.75) is 49.6 Å².